The molecule has 0 aromatic rings. The van der Waals surface area contributed by atoms with Gasteiger partial charge in [-0.05, 0) is 26.7 Å². The van der Waals surface area contributed by atoms with Gasteiger partial charge in [-0.15, -0.1) is 11.8 Å². The highest BCUT2D eigenvalue weighted by Crippen LogP contribution is 2.35. The Bertz CT molecular complexity index is 249. The third-order valence-electron chi connectivity index (χ3n) is 1.98. The van der Waals surface area contributed by atoms with Gasteiger partial charge >= 0.3 is 0 Å². The van der Waals surface area contributed by atoms with Crippen molar-refractivity contribution < 1.29 is 6.17 Å². The van der Waals surface area contributed by atoms with E-state index in [1.807, 2.05) is 34.6 Å². The van der Waals surface area contributed by atoms with Gasteiger partial charge in [0.1, 0.15) is 0 Å². The maximum Gasteiger partial charge on any atom is 0.233 e. The number of carbonyl (C=O) groups excluding carboxylic acids is 1. The molecule has 0 saturated carbocycles. The lowest BCUT2D eigenvalue weighted by molar-refractivity contribution is -0.133. The van der Waals surface area contributed by atoms with Crippen molar-refractivity contribution in [1.82, 2.24) is 4.90 Å². The molecule has 0 N–H and O–H groups in total. The van der Waals surface area contributed by atoms with Crippen LogP contribution in [-0.2, 0) is 4.79 Å². The summed E-state index contributed by atoms with van der Waals surface area (Å²) < 4.78 is 8.35. The average molecular weight is 202 g/mol. The first-order valence-electron chi connectivity index (χ1n) is 5.16. The standard InChI is InChI=1S/C10H19NOS/c1-7(2)9-11(10(3,4)5)8(12)6-13-9/h7,9H,6H2,1-5H3/i9D. The molecule has 2 nitrogen and oxygen atoms in total. The minimum Gasteiger partial charge on any atom is -0.325 e. The highest BCUT2D eigenvalue weighted by molar-refractivity contribution is 8.01. The fourth-order valence-corrected chi connectivity index (χ4v) is 2.76. The van der Waals surface area contributed by atoms with Crippen molar-refractivity contribution in [3.8, 4) is 0 Å². The van der Waals surface area contributed by atoms with Crippen molar-refractivity contribution in [3.05, 3.63) is 0 Å². The first-order valence-corrected chi connectivity index (χ1v) is 5.65. The average Bonchev–Trinajstić information content (AvgIpc) is 2.26. The summed E-state index contributed by atoms with van der Waals surface area (Å²) >= 11 is 1.44. The fourth-order valence-electron chi connectivity index (χ4n) is 1.52. The van der Waals surface area contributed by atoms with E-state index in [-0.39, 0.29) is 17.4 Å². The summed E-state index contributed by atoms with van der Waals surface area (Å²) in [6, 6.07) is 0. The summed E-state index contributed by atoms with van der Waals surface area (Å²) in [6.07, 6.45) is 0. The number of hydrogen-bond acceptors (Lipinski definition) is 2. The van der Waals surface area contributed by atoms with Gasteiger partial charge in [0.15, 0.2) is 0 Å². The van der Waals surface area contributed by atoms with Crippen molar-refractivity contribution >= 4 is 17.7 Å². The van der Waals surface area contributed by atoms with Crippen LogP contribution < -0.4 is 0 Å². The van der Waals surface area contributed by atoms with Crippen molar-refractivity contribution in [2.75, 3.05) is 5.75 Å². The molecule has 1 saturated heterocycles. The molecule has 1 fully saturated rings. The quantitative estimate of drug-likeness (QED) is 0.650. The minimum absolute atomic E-state index is 0.0891. The number of rotatable bonds is 1. The first kappa shape index (κ1) is 9.38. The zero-order valence-corrected chi connectivity index (χ0v) is 9.86. The summed E-state index contributed by atoms with van der Waals surface area (Å²) in [5.74, 6) is 0.684. The summed E-state index contributed by atoms with van der Waals surface area (Å²) in [4.78, 5) is 13.4. The van der Waals surface area contributed by atoms with E-state index in [4.69, 9.17) is 1.37 Å². The SMILES string of the molecule is [2H]C1(C(C)C)SCC(=O)N1C(C)(C)C. The van der Waals surface area contributed by atoms with Crippen molar-refractivity contribution in [2.24, 2.45) is 5.92 Å². The van der Waals surface area contributed by atoms with E-state index in [1.165, 1.54) is 11.8 Å². The fraction of sp³-hybridized carbons (Fsp3) is 0.900. The molecule has 3 heteroatoms. The van der Waals surface area contributed by atoms with Crippen LogP contribution in [-0.4, -0.2) is 27.4 Å². The molecule has 0 aromatic carbocycles. The molecule has 0 radical (unpaired) electrons. The number of amides is 1. The highest BCUT2D eigenvalue weighted by atomic mass is 32.2. The molecule has 1 aliphatic rings. The molecule has 1 aliphatic heterocycles. The van der Waals surface area contributed by atoms with Crippen LogP contribution in [0.4, 0.5) is 0 Å². The third-order valence-corrected chi connectivity index (χ3v) is 3.32. The summed E-state index contributed by atoms with van der Waals surface area (Å²) in [5.41, 5.74) is -0.257. The van der Waals surface area contributed by atoms with Gasteiger partial charge < -0.3 is 4.90 Å². The van der Waals surface area contributed by atoms with Gasteiger partial charge in [-0.2, -0.15) is 0 Å². The minimum atomic E-state index is -0.782. The second kappa shape index (κ2) is 3.52. The van der Waals surface area contributed by atoms with Crippen LogP contribution in [0.25, 0.3) is 0 Å². The largest absolute Gasteiger partial charge is 0.325 e. The predicted octanol–water partition coefficient (Wildman–Crippen LogP) is 2.34. The number of hydrogen-bond donors (Lipinski definition) is 0. The normalized spacial score (nSPS) is 31.4. The van der Waals surface area contributed by atoms with Crippen molar-refractivity contribution in [3.63, 3.8) is 0 Å². The second-order valence-electron chi connectivity index (χ2n) is 4.68. The summed E-state index contributed by atoms with van der Waals surface area (Å²) in [5, 5.41) is -0.782. The van der Waals surface area contributed by atoms with Gasteiger partial charge in [-0.25, -0.2) is 0 Å². The lowest BCUT2D eigenvalue weighted by atomic mass is 10.0. The molecule has 0 spiro atoms. The van der Waals surface area contributed by atoms with E-state index in [0.29, 0.717) is 5.75 Å². The summed E-state index contributed by atoms with van der Waals surface area (Å²) in [6.45, 7) is 9.96. The Morgan fingerprint density at radius 2 is 2.15 bits per heavy atom. The third kappa shape index (κ3) is 2.19. The Kier molecular flexibility index (Phi) is 2.54. The van der Waals surface area contributed by atoms with Gasteiger partial charge in [-0.3, -0.25) is 4.79 Å². The highest BCUT2D eigenvalue weighted by Gasteiger charge is 2.39. The van der Waals surface area contributed by atoms with Crippen LogP contribution in [0.15, 0.2) is 0 Å². The number of carbonyl (C=O) groups is 1. The molecule has 1 heterocycles. The molecule has 76 valence electrons. The van der Waals surface area contributed by atoms with Crippen LogP contribution in [0.3, 0.4) is 0 Å². The van der Waals surface area contributed by atoms with Crippen LogP contribution in [0, 0.1) is 5.92 Å². The van der Waals surface area contributed by atoms with Crippen LogP contribution in [0.5, 0.6) is 0 Å². The molecule has 1 rings (SSSR count). The maximum absolute atomic E-state index is 11.7. The molecular weight excluding hydrogens is 182 g/mol. The zero-order valence-electron chi connectivity index (χ0n) is 10.0. The first-order chi connectivity index (χ1) is 6.19. The maximum atomic E-state index is 11.7. The molecule has 1 amide bonds. The Labute approximate surface area is 86.5 Å². The van der Waals surface area contributed by atoms with E-state index < -0.39 is 5.35 Å². The number of thioether (sulfide) groups is 1. The monoisotopic (exact) mass is 202 g/mol. The van der Waals surface area contributed by atoms with E-state index in [1.54, 1.807) is 4.90 Å². The molecule has 1 atom stereocenters. The Hall–Kier alpha value is -0.180. The van der Waals surface area contributed by atoms with Crippen LogP contribution >= 0.6 is 11.8 Å². The van der Waals surface area contributed by atoms with Gasteiger partial charge in [0.25, 0.3) is 0 Å². The molecule has 1 unspecified atom stereocenters. The Morgan fingerprint density at radius 1 is 1.62 bits per heavy atom. The van der Waals surface area contributed by atoms with Gasteiger partial charge in [0, 0.05) is 5.54 Å². The van der Waals surface area contributed by atoms with Gasteiger partial charge in [0.05, 0.1) is 12.5 Å². The predicted molar refractivity (Wildman–Crippen MR) is 57.7 cm³/mol. The Morgan fingerprint density at radius 3 is 2.46 bits per heavy atom. The molecule has 0 bridgehead atoms. The topological polar surface area (TPSA) is 20.3 Å². The van der Waals surface area contributed by atoms with Gasteiger partial charge in [0.2, 0.25) is 5.91 Å². The van der Waals surface area contributed by atoms with Crippen molar-refractivity contribution in [1.29, 1.82) is 0 Å². The van der Waals surface area contributed by atoms with E-state index >= 15 is 0 Å². The zero-order chi connectivity index (χ0) is 11.1. The van der Waals surface area contributed by atoms with Gasteiger partial charge in [-0.1, -0.05) is 13.8 Å². The van der Waals surface area contributed by atoms with Crippen molar-refractivity contribution in [2.45, 2.75) is 45.5 Å². The number of nitrogens with zero attached hydrogens (tertiary/aromatic N) is 1. The van der Waals surface area contributed by atoms with E-state index in [0.717, 1.165) is 0 Å². The Balaban J connectivity index is 3.05. The van der Waals surface area contributed by atoms with E-state index in [9.17, 15) is 4.79 Å². The second-order valence-corrected chi connectivity index (χ2v) is 5.68. The smallest absolute Gasteiger partial charge is 0.233 e. The molecular formula is C10H19NOS. The molecule has 13 heavy (non-hydrogen) atoms. The van der Waals surface area contributed by atoms with E-state index in [2.05, 4.69) is 0 Å². The van der Waals surface area contributed by atoms with Crippen LogP contribution in [0.1, 0.15) is 36.0 Å². The summed E-state index contributed by atoms with van der Waals surface area (Å²) in [7, 11) is 0. The lowest BCUT2D eigenvalue weighted by Gasteiger charge is -2.38. The van der Waals surface area contributed by atoms with Crippen LogP contribution in [0.2, 0.25) is 0 Å². The molecule has 0 aliphatic carbocycles. The molecule has 0 aromatic heterocycles. The lowest BCUT2D eigenvalue weighted by Crippen LogP contribution is -2.48.